The summed E-state index contributed by atoms with van der Waals surface area (Å²) in [5.41, 5.74) is 0.995. The van der Waals surface area contributed by atoms with Crippen molar-refractivity contribution in [3.63, 3.8) is 0 Å². The zero-order valence-corrected chi connectivity index (χ0v) is 18.4. The first-order valence-electron chi connectivity index (χ1n) is 9.17. The summed E-state index contributed by atoms with van der Waals surface area (Å²) in [7, 11) is 1.76. The van der Waals surface area contributed by atoms with Gasteiger partial charge in [-0.05, 0) is 17.9 Å². The maximum Gasteiger partial charge on any atom is 0.225 e. The molecule has 3 rings (SSSR count). The predicted molar refractivity (Wildman–Crippen MR) is 120 cm³/mol. The van der Waals surface area contributed by atoms with Crippen molar-refractivity contribution in [1.29, 1.82) is 0 Å². The van der Waals surface area contributed by atoms with Crippen molar-refractivity contribution in [3.8, 4) is 0 Å². The molecule has 1 aliphatic heterocycles. The van der Waals surface area contributed by atoms with Crippen LogP contribution in [0, 0.1) is 5.92 Å². The molecule has 0 aliphatic carbocycles. The van der Waals surface area contributed by atoms with E-state index in [0.29, 0.717) is 6.54 Å². The van der Waals surface area contributed by atoms with Crippen LogP contribution in [0.1, 0.15) is 26.0 Å². The fourth-order valence-electron chi connectivity index (χ4n) is 3.32. The van der Waals surface area contributed by atoms with Gasteiger partial charge in [-0.3, -0.25) is 14.8 Å². The minimum absolute atomic E-state index is 0. The van der Waals surface area contributed by atoms with Crippen molar-refractivity contribution in [3.05, 3.63) is 42.2 Å². The second-order valence-corrected chi connectivity index (χ2v) is 6.97. The quantitative estimate of drug-likeness (QED) is 0.401. The van der Waals surface area contributed by atoms with Gasteiger partial charge in [0, 0.05) is 43.7 Å². The standard InChI is InChI=1S/C20H27N5O.HI/c1-14(2)19(26)25-11-9-16(13-25)24-20(21-3)23-12-18-17-7-5-4-6-15(17)8-10-22-18;/h4-8,10,14,16H,9,11-13H2,1-3H3,(H2,21,23,24);1H. The third-order valence-corrected chi connectivity index (χ3v) is 4.74. The number of guanidine groups is 1. The summed E-state index contributed by atoms with van der Waals surface area (Å²) in [5.74, 6) is 1.00. The van der Waals surface area contributed by atoms with Crippen molar-refractivity contribution in [2.45, 2.75) is 32.9 Å². The van der Waals surface area contributed by atoms with Gasteiger partial charge in [-0.15, -0.1) is 24.0 Å². The lowest BCUT2D eigenvalue weighted by molar-refractivity contribution is -0.133. The van der Waals surface area contributed by atoms with Crippen LogP contribution in [0.2, 0.25) is 0 Å². The van der Waals surface area contributed by atoms with E-state index in [0.717, 1.165) is 36.6 Å². The molecule has 0 saturated carbocycles. The van der Waals surface area contributed by atoms with E-state index >= 15 is 0 Å². The van der Waals surface area contributed by atoms with Gasteiger partial charge in [0.05, 0.1) is 12.2 Å². The second-order valence-electron chi connectivity index (χ2n) is 6.97. The molecule has 2 N–H and O–H groups in total. The Morgan fingerprint density at radius 3 is 2.85 bits per heavy atom. The molecular weight excluding hydrogens is 453 g/mol. The number of aromatic nitrogens is 1. The lowest BCUT2D eigenvalue weighted by atomic mass is 10.1. The topological polar surface area (TPSA) is 69.6 Å². The van der Waals surface area contributed by atoms with E-state index in [2.05, 4.69) is 32.7 Å². The summed E-state index contributed by atoms with van der Waals surface area (Å²) in [4.78, 5) is 22.9. The van der Waals surface area contributed by atoms with Crippen molar-refractivity contribution in [2.75, 3.05) is 20.1 Å². The number of carbonyl (C=O) groups excluding carboxylic acids is 1. The number of nitrogens with one attached hydrogen (secondary N) is 2. The van der Waals surface area contributed by atoms with Gasteiger partial charge in [-0.2, -0.15) is 0 Å². The third kappa shape index (κ3) is 5.31. The maximum absolute atomic E-state index is 12.1. The second kappa shape index (κ2) is 9.87. The molecule has 146 valence electrons. The lowest BCUT2D eigenvalue weighted by Gasteiger charge is -2.20. The summed E-state index contributed by atoms with van der Waals surface area (Å²) in [6, 6.07) is 10.5. The Morgan fingerprint density at radius 2 is 2.11 bits per heavy atom. The fraction of sp³-hybridized carbons (Fsp3) is 0.450. The summed E-state index contributed by atoms with van der Waals surface area (Å²) >= 11 is 0. The summed E-state index contributed by atoms with van der Waals surface area (Å²) in [6.07, 6.45) is 2.77. The van der Waals surface area contributed by atoms with Crippen LogP contribution in [0.3, 0.4) is 0 Å². The minimum Gasteiger partial charge on any atom is -0.352 e. The van der Waals surface area contributed by atoms with Crippen molar-refractivity contribution in [2.24, 2.45) is 10.9 Å². The SMILES string of the molecule is CN=C(NCc1nccc2ccccc12)NC1CCN(C(=O)C(C)C)C1.I. The van der Waals surface area contributed by atoms with Crippen LogP contribution < -0.4 is 10.6 Å². The van der Waals surface area contributed by atoms with Crippen LogP contribution >= 0.6 is 24.0 Å². The van der Waals surface area contributed by atoms with E-state index in [1.165, 1.54) is 5.39 Å². The van der Waals surface area contributed by atoms with E-state index in [1.807, 2.05) is 43.1 Å². The van der Waals surface area contributed by atoms with Gasteiger partial charge in [0.25, 0.3) is 0 Å². The fourth-order valence-corrected chi connectivity index (χ4v) is 3.32. The van der Waals surface area contributed by atoms with E-state index < -0.39 is 0 Å². The highest BCUT2D eigenvalue weighted by Gasteiger charge is 2.27. The average molecular weight is 481 g/mol. The van der Waals surface area contributed by atoms with Gasteiger partial charge in [-0.25, -0.2) is 0 Å². The average Bonchev–Trinajstić information content (AvgIpc) is 3.12. The zero-order valence-electron chi connectivity index (χ0n) is 16.1. The number of nitrogens with zero attached hydrogens (tertiary/aromatic N) is 3. The molecule has 27 heavy (non-hydrogen) atoms. The largest absolute Gasteiger partial charge is 0.352 e. The minimum atomic E-state index is 0. The van der Waals surface area contributed by atoms with Crippen LogP contribution in [0.15, 0.2) is 41.5 Å². The highest BCUT2D eigenvalue weighted by Crippen LogP contribution is 2.16. The normalized spacial score (nSPS) is 17.1. The Kier molecular flexibility index (Phi) is 7.82. The number of amides is 1. The molecule has 1 amide bonds. The molecule has 1 aromatic heterocycles. The first-order chi connectivity index (χ1) is 12.6. The zero-order chi connectivity index (χ0) is 18.5. The summed E-state index contributed by atoms with van der Waals surface area (Å²) in [5, 5.41) is 9.10. The highest BCUT2D eigenvalue weighted by atomic mass is 127. The summed E-state index contributed by atoms with van der Waals surface area (Å²) < 4.78 is 0. The molecule has 1 unspecified atom stereocenters. The molecule has 6 nitrogen and oxygen atoms in total. The number of aliphatic imine (C=N–C) groups is 1. The Hall–Kier alpha value is -1.90. The van der Waals surface area contributed by atoms with Gasteiger partial charge >= 0.3 is 0 Å². The maximum atomic E-state index is 12.1. The number of carbonyl (C=O) groups is 1. The molecule has 1 saturated heterocycles. The molecule has 0 bridgehead atoms. The van der Waals surface area contributed by atoms with Crippen LogP contribution in [0.25, 0.3) is 10.8 Å². The Labute approximate surface area is 177 Å². The number of pyridine rings is 1. The van der Waals surface area contributed by atoms with E-state index in [4.69, 9.17) is 0 Å². The Balaban J connectivity index is 0.00000261. The van der Waals surface area contributed by atoms with Gasteiger partial charge in [-0.1, -0.05) is 38.1 Å². The van der Waals surface area contributed by atoms with Crippen LogP contribution in [0.4, 0.5) is 0 Å². The lowest BCUT2D eigenvalue weighted by Crippen LogP contribution is -2.45. The van der Waals surface area contributed by atoms with Gasteiger partial charge in [0.1, 0.15) is 0 Å². The van der Waals surface area contributed by atoms with Crippen LogP contribution in [-0.4, -0.2) is 47.9 Å². The predicted octanol–water partition coefficient (Wildman–Crippen LogP) is 2.77. The molecule has 7 heteroatoms. The van der Waals surface area contributed by atoms with Crippen molar-refractivity contribution in [1.82, 2.24) is 20.5 Å². The molecule has 0 spiro atoms. The number of hydrogen-bond acceptors (Lipinski definition) is 3. The first kappa shape index (κ1) is 21.4. The van der Waals surface area contributed by atoms with Gasteiger partial charge < -0.3 is 15.5 Å². The van der Waals surface area contributed by atoms with Crippen molar-refractivity contribution >= 4 is 46.6 Å². The number of likely N-dealkylation sites (tertiary alicyclic amines) is 1. The van der Waals surface area contributed by atoms with Crippen LogP contribution in [0.5, 0.6) is 0 Å². The summed E-state index contributed by atoms with van der Waals surface area (Å²) in [6.45, 7) is 6.02. The molecule has 2 aromatic rings. The monoisotopic (exact) mass is 481 g/mol. The number of rotatable bonds is 4. The van der Waals surface area contributed by atoms with Crippen molar-refractivity contribution < 1.29 is 4.79 Å². The number of fused-ring (bicyclic) bond motifs is 1. The van der Waals surface area contributed by atoms with Crippen LogP contribution in [-0.2, 0) is 11.3 Å². The first-order valence-corrected chi connectivity index (χ1v) is 9.17. The van der Waals surface area contributed by atoms with E-state index in [1.54, 1.807) is 7.05 Å². The van der Waals surface area contributed by atoms with Gasteiger partial charge in [0.15, 0.2) is 5.96 Å². The molecule has 1 atom stereocenters. The Bertz CT molecular complexity index is 803. The third-order valence-electron chi connectivity index (χ3n) is 4.74. The number of halogens is 1. The highest BCUT2D eigenvalue weighted by molar-refractivity contribution is 14.0. The molecule has 0 radical (unpaired) electrons. The van der Waals surface area contributed by atoms with Gasteiger partial charge in [0.2, 0.25) is 5.91 Å². The Morgan fingerprint density at radius 1 is 1.33 bits per heavy atom. The molecule has 1 fully saturated rings. The van der Waals surface area contributed by atoms with E-state index in [9.17, 15) is 4.79 Å². The molecular formula is C20H28IN5O. The smallest absolute Gasteiger partial charge is 0.225 e. The molecule has 1 aromatic carbocycles. The molecule has 2 heterocycles. The van der Waals surface area contributed by atoms with E-state index in [-0.39, 0.29) is 41.8 Å². The number of benzene rings is 1. The number of hydrogen-bond donors (Lipinski definition) is 2. The molecule has 1 aliphatic rings.